The normalized spacial score (nSPS) is 39.7. The summed E-state index contributed by atoms with van der Waals surface area (Å²) < 4.78 is 6.36. The van der Waals surface area contributed by atoms with Crippen LogP contribution in [0.5, 0.6) is 0 Å². The standard InChI is InChI=1S/C46H80O2/c1-10-11-12-13-14-15-16-17-18-19-20-21-22-23-40(47)48-39-27-25-36-35(42(39,4)5)24-26-37-44(36,7)31-33-46(9)38-34-41(2,3)28-29-43(38,6)30-32-45(37,46)8/h24,36-39H,10-23,25-34H2,1-9H3/t36-,37+,38-,39+,43-,44+,45-,46+/m1/s1. The minimum atomic E-state index is -0.0667. The molecule has 4 saturated carbocycles. The number of allylic oxidation sites excluding steroid dienone is 1. The van der Waals surface area contributed by atoms with Gasteiger partial charge in [-0.25, -0.2) is 0 Å². The van der Waals surface area contributed by atoms with Crippen molar-refractivity contribution in [3.05, 3.63) is 11.6 Å². The molecule has 2 nitrogen and oxygen atoms in total. The van der Waals surface area contributed by atoms with E-state index in [4.69, 9.17) is 4.74 Å². The van der Waals surface area contributed by atoms with Crippen LogP contribution in [0.3, 0.4) is 0 Å². The highest BCUT2D eigenvalue weighted by Gasteiger charge is 2.69. The highest BCUT2D eigenvalue weighted by molar-refractivity contribution is 5.69. The molecule has 5 aliphatic carbocycles. The maximum atomic E-state index is 13.1. The highest BCUT2D eigenvalue weighted by Crippen LogP contribution is 2.77. The van der Waals surface area contributed by atoms with Gasteiger partial charge in [-0.05, 0) is 115 Å². The van der Waals surface area contributed by atoms with Crippen LogP contribution >= 0.6 is 0 Å². The lowest BCUT2D eigenvalue weighted by atomic mass is 9.31. The first-order valence-electron chi connectivity index (χ1n) is 21.5. The first-order chi connectivity index (χ1) is 22.6. The molecule has 0 aromatic carbocycles. The molecule has 2 heteroatoms. The summed E-state index contributed by atoms with van der Waals surface area (Å²) >= 11 is 0. The number of fused-ring (bicyclic) bond motifs is 7. The van der Waals surface area contributed by atoms with Crippen LogP contribution in [0.2, 0.25) is 0 Å². The lowest BCUT2D eigenvalue weighted by molar-refractivity contribution is -0.231. The summed E-state index contributed by atoms with van der Waals surface area (Å²) in [5.41, 5.74) is 3.78. The summed E-state index contributed by atoms with van der Waals surface area (Å²) in [6.45, 7) is 23.1. The number of esters is 1. The van der Waals surface area contributed by atoms with Crippen LogP contribution in [-0.4, -0.2) is 12.1 Å². The second kappa shape index (κ2) is 15.1. The smallest absolute Gasteiger partial charge is 0.306 e. The van der Waals surface area contributed by atoms with Crippen LogP contribution in [0.1, 0.15) is 216 Å². The summed E-state index contributed by atoms with van der Waals surface area (Å²) in [5.74, 6) is 2.30. The maximum absolute atomic E-state index is 13.1. The molecule has 0 heterocycles. The number of hydrogen-bond donors (Lipinski definition) is 0. The Bertz CT molecular complexity index is 1120. The minimum absolute atomic E-state index is 0.0268. The summed E-state index contributed by atoms with van der Waals surface area (Å²) in [6.07, 6.45) is 34.0. The van der Waals surface area contributed by atoms with Crippen LogP contribution in [0.15, 0.2) is 11.6 Å². The van der Waals surface area contributed by atoms with Crippen LogP contribution in [0, 0.1) is 50.2 Å². The molecule has 0 bridgehead atoms. The fraction of sp³-hybridized carbons (Fsp3) is 0.935. The summed E-state index contributed by atoms with van der Waals surface area (Å²) in [4.78, 5) is 13.1. The topological polar surface area (TPSA) is 26.3 Å². The Balaban J connectivity index is 1.12. The first-order valence-corrected chi connectivity index (χ1v) is 21.5. The molecular formula is C46H80O2. The van der Waals surface area contributed by atoms with Crippen molar-refractivity contribution in [1.82, 2.24) is 0 Å². The largest absolute Gasteiger partial charge is 0.461 e. The Labute approximate surface area is 299 Å². The second-order valence-corrected chi connectivity index (χ2v) is 20.7. The van der Waals surface area contributed by atoms with Gasteiger partial charge in [0.15, 0.2) is 0 Å². The monoisotopic (exact) mass is 665 g/mol. The molecule has 48 heavy (non-hydrogen) atoms. The van der Waals surface area contributed by atoms with Crippen molar-refractivity contribution >= 4 is 5.97 Å². The Morgan fingerprint density at radius 2 is 1.21 bits per heavy atom. The van der Waals surface area contributed by atoms with Gasteiger partial charge in [-0.3, -0.25) is 4.79 Å². The van der Waals surface area contributed by atoms with Crippen molar-refractivity contribution in [2.24, 2.45) is 50.2 Å². The summed E-state index contributed by atoms with van der Waals surface area (Å²) in [7, 11) is 0. The van der Waals surface area contributed by atoms with Crippen LogP contribution < -0.4 is 0 Å². The van der Waals surface area contributed by atoms with E-state index in [0.717, 1.165) is 24.7 Å². The van der Waals surface area contributed by atoms with Gasteiger partial charge in [0.1, 0.15) is 6.10 Å². The van der Waals surface area contributed by atoms with Crippen molar-refractivity contribution in [2.45, 2.75) is 223 Å². The molecule has 276 valence electrons. The van der Waals surface area contributed by atoms with Crippen molar-refractivity contribution in [1.29, 1.82) is 0 Å². The highest BCUT2D eigenvalue weighted by atomic mass is 16.5. The molecule has 0 radical (unpaired) electrons. The number of unbranched alkanes of at least 4 members (excludes halogenated alkanes) is 12. The van der Waals surface area contributed by atoms with E-state index >= 15 is 0 Å². The van der Waals surface area contributed by atoms with E-state index in [0.29, 0.717) is 39.4 Å². The van der Waals surface area contributed by atoms with E-state index in [2.05, 4.69) is 68.4 Å². The van der Waals surface area contributed by atoms with E-state index in [1.54, 1.807) is 5.57 Å². The second-order valence-electron chi connectivity index (χ2n) is 20.7. The van der Waals surface area contributed by atoms with Gasteiger partial charge in [-0.2, -0.15) is 0 Å². The minimum Gasteiger partial charge on any atom is -0.461 e. The van der Waals surface area contributed by atoms with E-state index < -0.39 is 0 Å². The maximum Gasteiger partial charge on any atom is 0.306 e. The zero-order chi connectivity index (χ0) is 34.8. The van der Waals surface area contributed by atoms with Crippen LogP contribution in [0.25, 0.3) is 0 Å². The van der Waals surface area contributed by atoms with Gasteiger partial charge in [0.25, 0.3) is 0 Å². The lowest BCUT2D eigenvalue weighted by Gasteiger charge is -2.73. The third kappa shape index (κ3) is 7.41. The van der Waals surface area contributed by atoms with Crippen molar-refractivity contribution in [2.75, 3.05) is 0 Å². The van der Waals surface area contributed by atoms with E-state index in [9.17, 15) is 4.79 Å². The molecule has 0 aromatic heterocycles. The number of carbonyl (C=O) groups is 1. The molecule has 5 aliphatic rings. The SMILES string of the molecule is CCCCCCCCCCCCCCCC(=O)O[C@H]1CC[C@@H]2C(=CC[C@H]3[C@@]2(C)CC[C@@]2(C)[C@@H]4CC(C)(C)CC[C@]4(C)CC[C@]32C)C1(C)C. The van der Waals surface area contributed by atoms with Crippen molar-refractivity contribution in [3.8, 4) is 0 Å². The summed E-state index contributed by atoms with van der Waals surface area (Å²) in [6, 6.07) is 0. The molecule has 4 fully saturated rings. The molecule has 8 atom stereocenters. The Hall–Kier alpha value is -0.790. The Morgan fingerprint density at radius 3 is 1.83 bits per heavy atom. The van der Waals surface area contributed by atoms with Crippen molar-refractivity contribution < 1.29 is 9.53 Å². The van der Waals surface area contributed by atoms with Gasteiger partial charge >= 0.3 is 5.97 Å². The third-order valence-electron chi connectivity index (χ3n) is 16.8. The van der Waals surface area contributed by atoms with Gasteiger partial charge in [-0.15, -0.1) is 0 Å². The molecule has 0 saturated heterocycles. The van der Waals surface area contributed by atoms with Gasteiger partial charge in [0.2, 0.25) is 0 Å². The fourth-order valence-corrected chi connectivity index (χ4v) is 13.1. The molecular weight excluding hydrogens is 585 g/mol. The molecule has 5 rings (SSSR count). The fourth-order valence-electron chi connectivity index (χ4n) is 13.1. The van der Waals surface area contributed by atoms with Gasteiger partial charge in [0.05, 0.1) is 0 Å². The average Bonchev–Trinajstić information content (AvgIpc) is 3.03. The van der Waals surface area contributed by atoms with E-state index in [1.807, 2.05) is 0 Å². The number of rotatable bonds is 15. The van der Waals surface area contributed by atoms with Gasteiger partial charge < -0.3 is 4.74 Å². The lowest BCUT2D eigenvalue weighted by Crippen LogP contribution is -2.65. The first kappa shape index (κ1) is 38.4. The Kier molecular flexibility index (Phi) is 12.1. The quantitative estimate of drug-likeness (QED) is 0.0989. The molecule has 0 aliphatic heterocycles. The van der Waals surface area contributed by atoms with Gasteiger partial charge in [0, 0.05) is 11.8 Å². The number of ether oxygens (including phenoxy) is 1. The molecule has 0 amide bonds. The molecule has 0 spiro atoms. The molecule has 0 unspecified atom stereocenters. The van der Waals surface area contributed by atoms with E-state index in [1.165, 1.54) is 135 Å². The number of hydrogen-bond acceptors (Lipinski definition) is 2. The van der Waals surface area contributed by atoms with Crippen LogP contribution in [0.4, 0.5) is 0 Å². The zero-order valence-corrected chi connectivity index (χ0v) is 33.7. The van der Waals surface area contributed by atoms with Gasteiger partial charge in [-0.1, -0.05) is 151 Å². The molecule has 0 N–H and O–H groups in total. The number of carbonyl (C=O) groups excluding carboxylic acids is 1. The zero-order valence-electron chi connectivity index (χ0n) is 33.7. The third-order valence-corrected chi connectivity index (χ3v) is 16.8. The molecule has 0 aromatic rings. The predicted octanol–water partition coefficient (Wildman–Crippen LogP) is 14.2. The van der Waals surface area contributed by atoms with Crippen LogP contribution in [-0.2, 0) is 9.53 Å². The predicted molar refractivity (Wildman–Crippen MR) is 205 cm³/mol. The average molecular weight is 665 g/mol. The van der Waals surface area contributed by atoms with E-state index in [-0.39, 0.29) is 17.5 Å². The Morgan fingerprint density at radius 1 is 0.667 bits per heavy atom. The van der Waals surface area contributed by atoms with Crippen molar-refractivity contribution in [3.63, 3.8) is 0 Å². The summed E-state index contributed by atoms with van der Waals surface area (Å²) in [5, 5.41) is 0.